The molecule has 1 unspecified atom stereocenters. The lowest BCUT2D eigenvalue weighted by molar-refractivity contribution is 0.153. The van der Waals surface area contributed by atoms with Crippen molar-refractivity contribution >= 4 is 5.69 Å². The molecule has 2 heteroatoms. The standard InChI is InChI=1S/C14H22N2/c1-10(2)11(3)16-8-7-12-5-4-6-14(15)13(12)9-16/h4-6,10-11H,7-9,15H2,1-3H3. The Kier molecular flexibility index (Phi) is 3.20. The number of nitrogens with zero attached hydrogens (tertiary/aromatic N) is 1. The summed E-state index contributed by atoms with van der Waals surface area (Å²) in [6.07, 6.45) is 1.14. The molecule has 0 amide bonds. The van der Waals surface area contributed by atoms with Crippen LogP contribution in [0.15, 0.2) is 18.2 Å². The Labute approximate surface area is 98.4 Å². The number of rotatable bonds is 2. The van der Waals surface area contributed by atoms with E-state index in [-0.39, 0.29) is 0 Å². The SMILES string of the molecule is CC(C)C(C)N1CCc2cccc(N)c2C1. The van der Waals surface area contributed by atoms with Crippen molar-refractivity contribution < 1.29 is 0 Å². The fraction of sp³-hybridized carbons (Fsp3) is 0.571. The summed E-state index contributed by atoms with van der Waals surface area (Å²) >= 11 is 0. The molecule has 0 fully saturated rings. The van der Waals surface area contributed by atoms with Crippen LogP contribution in [0, 0.1) is 5.92 Å². The van der Waals surface area contributed by atoms with E-state index in [4.69, 9.17) is 5.73 Å². The zero-order chi connectivity index (χ0) is 11.7. The zero-order valence-corrected chi connectivity index (χ0v) is 10.5. The van der Waals surface area contributed by atoms with Gasteiger partial charge >= 0.3 is 0 Å². The van der Waals surface area contributed by atoms with Crippen LogP contribution in [0.5, 0.6) is 0 Å². The third-order valence-electron chi connectivity index (χ3n) is 3.88. The van der Waals surface area contributed by atoms with Gasteiger partial charge < -0.3 is 5.73 Å². The van der Waals surface area contributed by atoms with E-state index in [1.54, 1.807) is 0 Å². The first-order chi connectivity index (χ1) is 7.59. The van der Waals surface area contributed by atoms with E-state index in [1.807, 2.05) is 6.07 Å². The summed E-state index contributed by atoms with van der Waals surface area (Å²) in [5.41, 5.74) is 9.80. The number of nitrogen functional groups attached to an aromatic ring is 1. The van der Waals surface area contributed by atoms with Crippen molar-refractivity contribution in [3.8, 4) is 0 Å². The largest absolute Gasteiger partial charge is 0.398 e. The maximum atomic E-state index is 6.05. The first kappa shape index (κ1) is 11.5. The van der Waals surface area contributed by atoms with E-state index in [0.717, 1.165) is 25.2 Å². The third kappa shape index (κ3) is 2.07. The van der Waals surface area contributed by atoms with Crippen LogP contribution in [-0.4, -0.2) is 17.5 Å². The first-order valence-corrected chi connectivity index (χ1v) is 6.20. The quantitative estimate of drug-likeness (QED) is 0.773. The summed E-state index contributed by atoms with van der Waals surface area (Å²) < 4.78 is 0. The van der Waals surface area contributed by atoms with Crippen molar-refractivity contribution in [2.45, 2.75) is 39.8 Å². The monoisotopic (exact) mass is 218 g/mol. The molecule has 0 aliphatic carbocycles. The van der Waals surface area contributed by atoms with Gasteiger partial charge in [0.2, 0.25) is 0 Å². The number of fused-ring (bicyclic) bond motifs is 1. The molecule has 0 spiro atoms. The molecule has 16 heavy (non-hydrogen) atoms. The average Bonchev–Trinajstić information content (AvgIpc) is 2.28. The molecule has 1 atom stereocenters. The van der Waals surface area contributed by atoms with Gasteiger partial charge in [0.1, 0.15) is 0 Å². The van der Waals surface area contributed by atoms with E-state index in [0.29, 0.717) is 12.0 Å². The van der Waals surface area contributed by atoms with Gasteiger partial charge in [0.15, 0.2) is 0 Å². The van der Waals surface area contributed by atoms with E-state index in [2.05, 4.69) is 37.8 Å². The highest BCUT2D eigenvalue weighted by Gasteiger charge is 2.23. The molecule has 1 aliphatic rings. The van der Waals surface area contributed by atoms with Crippen molar-refractivity contribution in [3.05, 3.63) is 29.3 Å². The fourth-order valence-corrected chi connectivity index (χ4v) is 2.40. The molecule has 2 nitrogen and oxygen atoms in total. The van der Waals surface area contributed by atoms with Crippen LogP contribution in [-0.2, 0) is 13.0 Å². The van der Waals surface area contributed by atoms with Crippen molar-refractivity contribution in [1.82, 2.24) is 4.90 Å². The van der Waals surface area contributed by atoms with Crippen LogP contribution in [0.4, 0.5) is 5.69 Å². The van der Waals surface area contributed by atoms with E-state index in [9.17, 15) is 0 Å². The topological polar surface area (TPSA) is 29.3 Å². The van der Waals surface area contributed by atoms with Crippen LogP contribution >= 0.6 is 0 Å². The molecule has 1 heterocycles. The van der Waals surface area contributed by atoms with Crippen molar-refractivity contribution in [1.29, 1.82) is 0 Å². The summed E-state index contributed by atoms with van der Waals surface area (Å²) in [5.74, 6) is 0.700. The lowest BCUT2D eigenvalue weighted by Gasteiger charge is -2.36. The molecule has 1 aromatic rings. The number of hydrogen-bond acceptors (Lipinski definition) is 2. The molecule has 0 bridgehead atoms. The number of nitrogens with two attached hydrogens (primary N) is 1. The van der Waals surface area contributed by atoms with Gasteiger partial charge in [0.05, 0.1) is 0 Å². The summed E-state index contributed by atoms with van der Waals surface area (Å²) in [5, 5.41) is 0. The van der Waals surface area contributed by atoms with Crippen LogP contribution in [0.25, 0.3) is 0 Å². The minimum absolute atomic E-state index is 0.632. The fourth-order valence-electron chi connectivity index (χ4n) is 2.40. The second-order valence-electron chi connectivity index (χ2n) is 5.19. The van der Waals surface area contributed by atoms with Gasteiger partial charge in [-0.3, -0.25) is 4.90 Å². The van der Waals surface area contributed by atoms with Crippen LogP contribution in [0.3, 0.4) is 0 Å². The zero-order valence-electron chi connectivity index (χ0n) is 10.5. The Bertz CT molecular complexity index is 371. The minimum Gasteiger partial charge on any atom is -0.398 e. The van der Waals surface area contributed by atoms with Gasteiger partial charge in [-0.1, -0.05) is 26.0 Å². The highest BCUT2D eigenvalue weighted by atomic mass is 15.2. The van der Waals surface area contributed by atoms with Gasteiger partial charge in [-0.25, -0.2) is 0 Å². The Morgan fingerprint density at radius 2 is 2.00 bits per heavy atom. The molecule has 1 aliphatic heterocycles. The highest BCUT2D eigenvalue weighted by Crippen LogP contribution is 2.26. The second-order valence-corrected chi connectivity index (χ2v) is 5.19. The Morgan fingerprint density at radius 3 is 2.69 bits per heavy atom. The van der Waals surface area contributed by atoms with E-state index in [1.165, 1.54) is 11.1 Å². The summed E-state index contributed by atoms with van der Waals surface area (Å²) in [6.45, 7) is 9.06. The second kappa shape index (κ2) is 4.46. The van der Waals surface area contributed by atoms with Crippen LogP contribution in [0.1, 0.15) is 31.9 Å². The summed E-state index contributed by atoms with van der Waals surface area (Å²) in [4.78, 5) is 2.54. The Hall–Kier alpha value is -1.02. The lowest BCUT2D eigenvalue weighted by Crippen LogP contribution is -2.40. The van der Waals surface area contributed by atoms with Gasteiger partial charge in [0, 0.05) is 24.8 Å². The van der Waals surface area contributed by atoms with Crippen LogP contribution < -0.4 is 5.73 Å². The molecule has 0 aromatic heterocycles. The van der Waals surface area contributed by atoms with E-state index < -0.39 is 0 Å². The Morgan fingerprint density at radius 1 is 1.25 bits per heavy atom. The van der Waals surface area contributed by atoms with Crippen LogP contribution in [0.2, 0.25) is 0 Å². The molecule has 0 saturated carbocycles. The normalized spacial score (nSPS) is 18.5. The van der Waals surface area contributed by atoms with Gasteiger partial charge in [-0.2, -0.15) is 0 Å². The predicted octanol–water partition coefficient (Wildman–Crippen LogP) is 2.67. The molecular formula is C14H22N2. The van der Waals surface area contributed by atoms with Crippen molar-refractivity contribution in [2.24, 2.45) is 5.92 Å². The number of benzene rings is 1. The maximum Gasteiger partial charge on any atom is 0.0362 e. The molecule has 2 rings (SSSR count). The van der Waals surface area contributed by atoms with Gasteiger partial charge in [-0.15, -0.1) is 0 Å². The summed E-state index contributed by atoms with van der Waals surface area (Å²) in [6, 6.07) is 6.92. The average molecular weight is 218 g/mol. The van der Waals surface area contributed by atoms with Gasteiger partial charge in [0.25, 0.3) is 0 Å². The lowest BCUT2D eigenvalue weighted by atomic mass is 9.95. The summed E-state index contributed by atoms with van der Waals surface area (Å²) in [7, 11) is 0. The Balaban J connectivity index is 2.20. The third-order valence-corrected chi connectivity index (χ3v) is 3.88. The molecule has 88 valence electrons. The molecule has 0 saturated heterocycles. The first-order valence-electron chi connectivity index (χ1n) is 6.20. The van der Waals surface area contributed by atoms with Crippen molar-refractivity contribution in [2.75, 3.05) is 12.3 Å². The number of hydrogen-bond donors (Lipinski definition) is 1. The molecule has 0 radical (unpaired) electrons. The predicted molar refractivity (Wildman–Crippen MR) is 69.3 cm³/mol. The number of anilines is 1. The molecule has 2 N–H and O–H groups in total. The van der Waals surface area contributed by atoms with Crippen molar-refractivity contribution in [3.63, 3.8) is 0 Å². The molecule has 1 aromatic carbocycles. The van der Waals surface area contributed by atoms with Gasteiger partial charge in [-0.05, 0) is 36.5 Å². The maximum absolute atomic E-state index is 6.05. The van der Waals surface area contributed by atoms with E-state index >= 15 is 0 Å². The minimum atomic E-state index is 0.632. The highest BCUT2D eigenvalue weighted by molar-refractivity contribution is 5.51. The smallest absolute Gasteiger partial charge is 0.0362 e. The molecular weight excluding hydrogens is 196 g/mol.